The van der Waals surface area contributed by atoms with Gasteiger partial charge in [-0.25, -0.2) is 4.79 Å². The van der Waals surface area contributed by atoms with E-state index in [1.165, 1.54) is 25.7 Å². The number of aromatic carboxylic acids is 1. The maximum absolute atomic E-state index is 12.9. The minimum Gasteiger partial charge on any atom is -0.478 e. The predicted molar refractivity (Wildman–Crippen MR) is 141 cm³/mol. The Morgan fingerprint density at radius 2 is 1.69 bits per heavy atom. The number of carboxylic acid groups (broad SMARTS) is 1. The molecule has 0 aliphatic heterocycles. The summed E-state index contributed by atoms with van der Waals surface area (Å²) in [6.45, 7) is 2.55. The minimum atomic E-state index is -0.935. The Labute approximate surface area is 211 Å². The number of hydrogen-bond donors (Lipinski definition) is 2. The average Bonchev–Trinajstić information content (AvgIpc) is 3.03. The Morgan fingerprint density at radius 1 is 0.972 bits per heavy atom. The number of aromatic nitrogens is 2. The first-order chi connectivity index (χ1) is 17.5. The van der Waals surface area contributed by atoms with Gasteiger partial charge in [0.05, 0.1) is 23.3 Å². The van der Waals surface area contributed by atoms with Gasteiger partial charge in [-0.1, -0.05) is 68.1 Å². The summed E-state index contributed by atoms with van der Waals surface area (Å²) in [6.07, 6.45) is 7.01. The van der Waals surface area contributed by atoms with Gasteiger partial charge in [-0.15, -0.1) is 0 Å². The number of carbonyl (C=O) groups excluding carboxylic acids is 1. The number of amides is 1. The monoisotopic (exact) mass is 481 g/mol. The molecule has 1 aliphatic rings. The summed E-state index contributed by atoms with van der Waals surface area (Å²) in [5.41, 5.74) is 5.47. The first kappa shape index (κ1) is 23.8. The molecule has 4 aromatic rings. The normalized spacial score (nSPS) is 14.5. The summed E-state index contributed by atoms with van der Waals surface area (Å²) in [5, 5.41) is 18.4. The number of aryl methyl sites for hydroxylation is 1. The fourth-order valence-corrected chi connectivity index (χ4v) is 5.18. The summed E-state index contributed by atoms with van der Waals surface area (Å²) >= 11 is 0. The highest BCUT2D eigenvalue weighted by molar-refractivity contribution is 5.99. The van der Waals surface area contributed by atoms with Gasteiger partial charge in [0.2, 0.25) is 0 Å². The van der Waals surface area contributed by atoms with Crippen molar-refractivity contribution in [1.82, 2.24) is 15.1 Å². The topological polar surface area (TPSA) is 84.2 Å². The zero-order valence-electron chi connectivity index (χ0n) is 20.5. The van der Waals surface area contributed by atoms with E-state index in [1.54, 1.807) is 12.1 Å². The number of carbonyl (C=O) groups is 2. The third kappa shape index (κ3) is 5.03. The summed E-state index contributed by atoms with van der Waals surface area (Å²) in [6, 6.07) is 21.0. The Balaban J connectivity index is 1.34. The van der Waals surface area contributed by atoms with Crippen LogP contribution in [0.25, 0.3) is 22.0 Å². The van der Waals surface area contributed by atoms with E-state index in [0.29, 0.717) is 17.7 Å². The molecule has 1 fully saturated rings. The van der Waals surface area contributed by atoms with Crippen LogP contribution in [0.2, 0.25) is 0 Å². The van der Waals surface area contributed by atoms with Crippen LogP contribution in [-0.4, -0.2) is 32.8 Å². The van der Waals surface area contributed by atoms with Crippen LogP contribution in [0.3, 0.4) is 0 Å². The number of rotatable bonds is 6. The number of nitrogens with one attached hydrogen (secondary N) is 1. The zero-order valence-corrected chi connectivity index (χ0v) is 20.5. The summed E-state index contributed by atoms with van der Waals surface area (Å²) < 4.78 is 1.96. The molecule has 1 saturated carbocycles. The SMILES string of the molecule is Cc1nn(Cc2ccc(-c3ccccc3C(=O)O)cc2)c2ccc(C(=O)NC3CCCCCC3)cc12. The molecule has 0 bridgehead atoms. The van der Waals surface area contributed by atoms with Crippen molar-refractivity contribution < 1.29 is 14.7 Å². The van der Waals surface area contributed by atoms with Crippen LogP contribution in [0.15, 0.2) is 66.7 Å². The smallest absolute Gasteiger partial charge is 0.336 e. The van der Waals surface area contributed by atoms with Crippen molar-refractivity contribution in [3.63, 3.8) is 0 Å². The Hall–Kier alpha value is -3.93. The van der Waals surface area contributed by atoms with Crippen LogP contribution >= 0.6 is 0 Å². The molecular formula is C30H31N3O3. The Bertz CT molecular complexity index is 1400. The number of nitrogens with zero attached hydrogens (tertiary/aromatic N) is 2. The molecule has 3 aromatic carbocycles. The van der Waals surface area contributed by atoms with Gasteiger partial charge in [-0.05, 0) is 60.7 Å². The number of hydrogen-bond acceptors (Lipinski definition) is 3. The lowest BCUT2D eigenvalue weighted by atomic mass is 9.99. The Kier molecular flexibility index (Phi) is 6.85. The van der Waals surface area contributed by atoms with Crippen molar-refractivity contribution in [2.24, 2.45) is 0 Å². The fourth-order valence-electron chi connectivity index (χ4n) is 5.18. The highest BCUT2D eigenvalue weighted by Gasteiger charge is 2.17. The van der Waals surface area contributed by atoms with E-state index >= 15 is 0 Å². The van der Waals surface area contributed by atoms with E-state index in [2.05, 4.69) is 5.32 Å². The lowest BCUT2D eigenvalue weighted by Crippen LogP contribution is -2.34. The van der Waals surface area contributed by atoms with Crippen LogP contribution in [0, 0.1) is 6.92 Å². The van der Waals surface area contributed by atoms with E-state index in [9.17, 15) is 14.7 Å². The fraction of sp³-hybridized carbons (Fsp3) is 0.300. The highest BCUT2D eigenvalue weighted by atomic mass is 16.4. The van der Waals surface area contributed by atoms with Gasteiger partial charge >= 0.3 is 5.97 Å². The standard InChI is InChI=1S/C30H31N3O3/c1-20-27-18-23(29(34)31-24-8-4-2-3-5-9-24)16-17-28(27)33(32-20)19-21-12-14-22(15-13-21)25-10-6-7-11-26(25)30(35)36/h6-7,10-18,24H,2-5,8-9,19H2,1H3,(H,31,34)(H,35,36). The molecule has 0 unspecified atom stereocenters. The second-order valence-electron chi connectivity index (χ2n) is 9.68. The molecule has 0 radical (unpaired) electrons. The summed E-state index contributed by atoms with van der Waals surface area (Å²) in [7, 11) is 0. The average molecular weight is 482 g/mol. The maximum Gasteiger partial charge on any atom is 0.336 e. The Morgan fingerprint density at radius 3 is 2.42 bits per heavy atom. The second-order valence-corrected chi connectivity index (χ2v) is 9.68. The summed E-state index contributed by atoms with van der Waals surface area (Å²) in [5.74, 6) is -0.941. The van der Waals surface area contributed by atoms with Crippen LogP contribution in [-0.2, 0) is 6.54 Å². The third-order valence-corrected chi connectivity index (χ3v) is 7.14. The number of fused-ring (bicyclic) bond motifs is 1. The van der Waals surface area contributed by atoms with Gasteiger partial charge in [0.1, 0.15) is 0 Å². The van der Waals surface area contributed by atoms with Crippen molar-refractivity contribution >= 4 is 22.8 Å². The van der Waals surface area contributed by atoms with Crippen molar-refractivity contribution in [3.05, 3.63) is 89.1 Å². The van der Waals surface area contributed by atoms with Gasteiger partial charge in [0, 0.05) is 17.0 Å². The maximum atomic E-state index is 12.9. The molecule has 6 heteroatoms. The van der Waals surface area contributed by atoms with E-state index in [1.807, 2.05) is 66.2 Å². The van der Waals surface area contributed by atoms with Crippen LogP contribution in [0.1, 0.15) is 70.5 Å². The molecule has 6 nitrogen and oxygen atoms in total. The van der Waals surface area contributed by atoms with Crippen LogP contribution in [0.4, 0.5) is 0 Å². The van der Waals surface area contributed by atoms with Gasteiger partial charge in [0.25, 0.3) is 5.91 Å². The van der Waals surface area contributed by atoms with Crippen molar-refractivity contribution in [3.8, 4) is 11.1 Å². The molecule has 5 rings (SSSR count). The van der Waals surface area contributed by atoms with Gasteiger partial charge in [0.15, 0.2) is 0 Å². The van der Waals surface area contributed by atoms with E-state index in [4.69, 9.17) is 5.10 Å². The molecule has 0 atom stereocenters. The van der Waals surface area contributed by atoms with E-state index in [-0.39, 0.29) is 17.5 Å². The number of carboxylic acids is 1. The first-order valence-corrected chi connectivity index (χ1v) is 12.7. The van der Waals surface area contributed by atoms with Crippen LogP contribution < -0.4 is 5.32 Å². The van der Waals surface area contributed by atoms with Gasteiger partial charge in [-0.3, -0.25) is 9.48 Å². The van der Waals surface area contributed by atoms with E-state index < -0.39 is 5.97 Å². The molecule has 2 N–H and O–H groups in total. The van der Waals surface area contributed by atoms with Crippen molar-refractivity contribution in [2.75, 3.05) is 0 Å². The highest BCUT2D eigenvalue weighted by Crippen LogP contribution is 2.26. The molecule has 1 heterocycles. The van der Waals surface area contributed by atoms with Crippen molar-refractivity contribution in [1.29, 1.82) is 0 Å². The molecular weight excluding hydrogens is 450 g/mol. The molecule has 1 aliphatic carbocycles. The molecule has 36 heavy (non-hydrogen) atoms. The zero-order chi connectivity index (χ0) is 25.1. The number of benzene rings is 3. The molecule has 184 valence electrons. The largest absolute Gasteiger partial charge is 0.478 e. The van der Waals surface area contributed by atoms with Gasteiger partial charge < -0.3 is 10.4 Å². The lowest BCUT2D eigenvalue weighted by Gasteiger charge is -2.16. The van der Waals surface area contributed by atoms with Crippen LogP contribution in [0.5, 0.6) is 0 Å². The molecule has 0 saturated heterocycles. The molecule has 0 spiro atoms. The third-order valence-electron chi connectivity index (χ3n) is 7.14. The first-order valence-electron chi connectivity index (χ1n) is 12.7. The quantitative estimate of drug-likeness (QED) is 0.321. The molecule has 1 amide bonds. The molecule has 1 aromatic heterocycles. The lowest BCUT2D eigenvalue weighted by molar-refractivity contribution is 0.0697. The minimum absolute atomic E-state index is 0.00631. The van der Waals surface area contributed by atoms with Crippen molar-refractivity contribution in [2.45, 2.75) is 58.0 Å². The predicted octanol–water partition coefficient (Wildman–Crippen LogP) is 6.21. The van der Waals surface area contributed by atoms with E-state index in [0.717, 1.165) is 40.6 Å². The summed E-state index contributed by atoms with van der Waals surface area (Å²) in [4.78, 5) is 24.5. The second kappa shape index (κ2) is 10.4. The van der Waals surface area contributed by atoms with Gasteiger partial charge in [-0.2, -0.15) is 5.10 Å².